The molecular weight excluding hydrogens is 158 g/mol. The van der Waals surface area contributed by atoms with Crippen LogP contribution < -0.4 is 0 Å². The summed E-state index contributed by atoms with van der Waals surface area (Å²) in [4.78, 5) is 4.42. The molecule has 1 aliphatic rings. The Hall–Kier alpha value is -0.0400. The molecular formula is C9H16ClN. The molecule has 0 radical (unpaired) electrons. The van der Waals surface area contributed by atoms with Gasteiger partial charge in [0.05, 0.1) is 0 Å². The fourth-order valence-corrected chi connectivity index (χ4v) is 1.59. The first kappa shape index (κ1) is 9.05. The summed E-state index contributed by atoms with van der Waals surface area (Å²) < 4.78 is 0. The van der Waals surface area contributed by atoms with Crippen LogP contribution >= 0.6 is 11.6 Å². The molecule has 0 aromatic rings. The van der Waals surface area contributed by atoms with Crippen LogP contribution in [0, 0.1) is 0 Å². The van der Waals surface area contributed by atoms with Crippen LogP contribution in [0.1, 0.15) is 38.5 Å². The third-order valence-electron chi connectivity index (χ3n) is 2.06. The molecule has 0 N–H and O–H groups in total. The number of hydrogen-bond donors (Lipinski definition) is 0. The first-order valence-electron chi connectivity index (χ1n) is 4.51. The van der Waals surface area contributed by atoms with Crippen LogP contribution in [0.25, 0.3) is 0 Å². The average molecular weight is 174 g/mol. The maximum atomic E-state index is 5.57. The Morgan fingerprint density at radius 3 is 2.82 bits per heavy atom. The van der Waals surface area contributed by atoms with Gasteiger partial charge >= 0.3 is 0 Å². The molecule has 0 saturated heterocycles. The third-order valence-corrected chi connectivity index (χ3v) is 2.33. The van der Waals surface area contributed by atoms with Crippen molar-refractivity contribution in [3.8, 4) is 0 Å². The summed E-state index contributed by atoms with van der Waals surface area (Å²) in [6.07, 6.45) is 7.46. The molecule has 1 nitrogen and oxygen atoms in total. The molecule has 1 heterocycles. The van der Waals surface area contributed by atoms with Crippen LogP contribution in [0.15, 0.2) is 4.99 Å². The summed E-state index contributed by atoms with van der Waals surface area (Å²) in [6, 6.07) is 0. The molecule has 0 unspecified atom stereocenters. The average Bonchev–Trinajstić information content (AvgIpc) is 2.50. The van der Waals surface area contributed by atoms with Crippen LogP contribution in [-0.2, 0) is 0 Å². The zero-order chi connectivity index (χ0) is 7.94. The third kappa shape index (κ3) is 3.76. The summed E-state index contributed by atoms with van der Waals surface area (Å²) in [7, 11) is 0. The lowest BCUT2D eigenvalue weighted by atomic mass is 10.1. The van der Waals surface area contributed by atoms with Gasteiger partial charge in [-0.3, -0.25) is 4.99 Å². The fourth-order valence-electron chi connectivity index (χ4n) is 1.40. The normalized spacial score (nSPS) is 17.0. The van der Waals surface area contributed by atoms with Gasteiger partial charge < -0.3 is 0 Å². The summed E-state index contributed by atoms with van der Waals surface area (Å²) in [6.45, 7) is 1.07. The van der Waals surface area contributed by atoms with Gasteiger partial charge in [0, 0.05) is 18.1 Å². The van der Waals surface area contributed by atoms with E-state index >= 15 is 0 Å². The molecule has 0 aliphatic carbocycles. The first-order valence-corrected chi connectivity index (χ1v) is 5.05. The number of hydrogen-bond acceptors (Lipinski definition) is 1. The number of nitrogens with zero attached hydrogens (tertiary/aromatic N) is 1. The van der Waals surface area contributed by atoms with Crippen molar-refractivity contribution in [1.29, 1.82) is 0 Å². The molecule has 11 heavy (non-hydrogen) atoms. The van der Waals surface area contributed by atoms with Crippen molar-refractivity contribution in [3.63, 3.8) is 0 Å². The Balaban J connectivity index is 1.94. The molecule has 1 aliphatic heterocycles. The van der Waals surface area contributed by atoms with Crippen molar-refractivity contribution in [1.82, 2.24) is 0 Å². The summed E-state index contributed by atoms with van der Waals surface area (Å²) in [5, 5.41) is 0. The molecule has 0 aromatic heterocycles. The lowest BCUT2D eigenvalue weighted by Gasteiger charge is -1.98. The predicted octanol–water partition coefficient (Wildman–Crippen LogP) is 3.02. The number of unbranched alkanes of at least 4 members (excludes halogenated alkanes) is 2. The van der Waals surface area contributed by atoms with Gasteiger partial charge in [-0.15, -0.1) is 11.6 Å². The van der Waals surface area contributed by atoms with E-state index in [1.54, 1.807) is 0 Å². The molecule has 1 rings (SSSR count). The number of rotatable bonds is 5. The highest BCUT2D eigenvalue weighted by Crippen LogP contribution is 2.11. The van der Waals surface area contributed by atoms with Gasteiger partial charge in [-0.25, -0.2) is 0 Å². The van der Waals surface area contributed by atoms with E-state index in [1.165, 1.54) is 37.8 Å². The minimum absolute atomic E-state index is 0.812. The maximum Gasteiger partial charge on any atom is 0.0392 e. The zero-order valence-corrected chi connectivity index (χ0v) is 7.74. The topological polar surface area (TPSA) is 12.4 Å². The first-order chi connectivity index (χ1) is 5.43. The smallest absolute Gasteiger partial charge is 0.0392 e. The molecule has 0 atom stereocenters. The fraction of sp³-hybridized carbons (Fsp3) is 0.889. The molecule has 0 bridgehead atoms. The van der Waals surface area contributed by atoms with Crippen molar-refractivity contribution >= 4 is 17.3 Å². The van der Waals surface area contributed by atoms with E-state index in [9.17, 15) is 0 Å². The summed E-state index contributed by atoms with van der Waals surface area (Å²) in [5.41, 5.74) is 1.44. The van der Waals surface area contributed by atoms with E-state index in [-0.39, 0.29) is 0 Å². The van der Waals surface area contributed by atoms with Gasteiger partial charge in [0.15, 0.2) is 0 Å². The van der Waals surface area contributed by atoms with Crippen LogP contribution in [-0.4, -0.2) is 18.1 Å². The van der Waals surface area contributed by atoms with E-state index in [4.69, 9.17) is 11.6 Å². The standard InChI is InChI=1S/C9H16ClN/c10-7-3-1-2-5-9-6-4-8-11-9/h1-8H2. The zero-order valence-electron chi connectivity index (χ0n) is 6.98. The molecule has 0 amide bonds. The van der Waals surface area contributed by atoms with E-state index in [0.29, 0.717) is 0 Å². The quantitative estimate of drug-likeness (QED) is 0.448. The van der Waals surface area contributed by atoms with E-state index < -0.39 is 0 Å². The molecule has 0 fully saturated rings. The molecule has 64 valence electrons. The second-order valence-corrected chi connectivity index (χ2v) is 3.43. The van der Waals surface area contributed by atoms with Crippen LogP contribution in [0.3, 0.4) is 0 Å². The number of alkyl halides is 1. The van der Waals surface area contributed by atoms with Crippen LogP contribution in [0.2, 0.25) is 0 Å². The Kier molecular flexibility index (Phi) is 4.60. The van der Waals surface area contributed by atoms with Crippen molar-refractivity contribution in [2.24, 2.45) is 4.99 Å². The Morgan fingerprint density at radius 1 is 1.27 bits per heavy atom. The Morgan fingerprint density at radius 2 is 2.18 bits per heavy atom. The summed E-state index contributed by atoms with van der Waals surface area (Å²) in [5.74, 6) is 0.812. The van der Waals surface area contributed by atoms with E-state index in [1.807, 2.05) is 0 Å². The molecule has 2 heteroatoms. The maximum absolute atomic E-state index is 5.57. The predicted molar refractivity (Wildman–Crippen MR) is 50.7 cm³/mol. The van der Waals surface area contributed by atoms with Gasteiger partial charge in [0.1, 0.15) is 0 Å². The van der Waals surface area contributed by atoms with Gasteiger partial charge in [-0.05, 0) is 32.1 Å². The largest absolute Gasteiger partial charge is 0.294 e. The summed E-state index contributed by atoms with van der Waals surface area (Å²) >= 11 is 5.57. The molecule has 0 aromatic carbocycles. The molecule has 0 spiro atoms. The van der Waals surface area contributed by atoms with Crippen LogP contribution in [0.4, 0.5) is 0 Å². The van der Waals surface area contributed by atoms with Crippen molar-refractivity contribution < 1.29 is 0 Å². The van der Waals surface area contributed by atoms with Gasteiger partial charge in [-0.2, -0.15) is 0 Å². The van der Waals surface area contributed by atoms with Gasteiger partial charge in [0.25, 0.3) is 0 Å². The van der Waals surface area contributed by atoms with Crippen molar-refractivity contribution in [2.75, 3.05) is 12.4 Å². The Labute approximate surface area is 73.9 Å². The van der Waals surface area contributed by atoms with Gasteiger partial charge in [0.2, 0.25) is 0 Å². The highest BCUT2D eigenvalue weighted by molar-refractivity contribution is 6.17. The molecule has 0 saturated carbocycles. The number of halogens is 1. The highest BCUT2D eigenvalue weighted by Gasteiger charge is 2.04. The van der Waals surface area contributed by atoms with E-state index in [0.717, 1.165) is 18.8 Å². The lowest BCUT2D eigenvalue weighted by molar-refractivity contribution is 0.742. The number of aliphatic imine (C=N–C) groups is 1. The minimum atomic E-state index is 0.812. The van der Waals surface area contributed by atoms with Crippen LogP contribution in [0.5, 0.6) is 0 Å². The lowest BCUT2D eigenvalue weighted by Crippen LogP contribution is -1.92. The highest BCUT2D eigenvalue weighted by atomic mass is 35.5. The van der Waals surface area contributed by atoms with Gasteiger partial charge in [-0.1, -0.05) is 6.42 Å². The van der Waals surface area contributed by atoms with Crippen molar-refractivity contribution in [3.05, 3.63) is 0 Å². The SMILES string of the molecule is ClCCCCCC1=NCCC1. The van der Waals surface area contributed by atoms with Crippen molar-refractivity contribution in [2.45, 2.75) is 38.5 Å². The monoisotopic (exact) mass is 173 g/mol. The van der Waals surface area contributed by atoms with E-state index in [2.05, 4.69) is 4.99 Å². The Bertz CT molecular complexity index is 132. The minimum Gasteiger partial charge on any atom is -0.294 e. The second kappa shape index (κ2) is 5.59. The second-order valence-electron chi connectivity index (χ2n) is 3.05.